The van der Waals surface area contributed by atoms with Gasteiger partial charge in [-0.3, -0.25) is 0 Å². The Bertz CT molecular complexity index is 276. The normalized spacial score (nSPS) is 10.9. The molecule has 0 aliphatic heterocycles. The molecule has 1 heterocycles. The van der Waals surface area contributed by atoms with Gasteiger partial charge in [-0.2, -0.15) is 0 Å². The zero-order valence-electron chi connectivity index (χ0n) is 10.1. The van der Waals surface area contributed by atoms with Crippen LogP contribution in [0.1, 0.15) is 24.8 Å². The maximum absolute atomic E-state index is 5.07. The van der Waals surface area contributed by atoms with Gasteiger partial charge in [0.15, 0.2) is 5.76 Å². The smallest absolute Gasteiger partial charge is 0.162 e. The van der Waals surface area contributed by atoms with Gasteiger partial charge < -0.3 is 19.9 Å². The number of nitrogens with zero attached hydrogens (tertiary/aromatic N) is 1. The fourth-order valence-corrected chi connectivity index (χ4v) is 1.38. The second kappa shape index (κ2) is 8.27. The van der Waals surface area contributed by atoms with E-state index < -0.39 is 0 Å². The minimum Gasteiger partial charge on any atom is -0.377 e. The van der Waals surface area contributed by atoms with Crippen LogP contribution in [0.2, 0.25) is 0 Å². The van der Waals surface area contributed by atoms with E-state index in [0.717, 1.165) is 44.1 Å². The quantitative estimate of drug-likeness (QED) is 0.614. The van der Waals surface area contributed by atoms with E-state index in [4.69, 9.17) is 9.26 Å². The fraction of sp³-hybridized carbons (Fsp3) is 0.727. The Kier molecular flexibility index (Phi) is 6.80. The van der Waals surface area contributed by atoms with Crippen molar-refractivity contribution in [3.63, 3.8) is 0 Å². The summed E-state index contributed by atoms with van der Waals surface area (Å²) in [4.78, 5) is 0. The molecular weight excluding hydrogens is 206 g/mol. The lowest BCUT2D eigenvalue weighted by Gasteiger charge is -2.02. The molecule has 0 aliphatic carbocycles. The molecule has 5 heteroatoms. The molecule has 0 radical (unpaired) electrons. The van der Waals surface area contributed by atoms with Crippen LogP contribution in [-0.4, -0.2) is 31.9 Å². The molecule has 92 valence electrons. The molecule has 0 saturated heterocycles. The predicted molar refractivity (Wildman–Crippen MR) is 62.1 cm³/mol. The third-order valence-corrected chi connectivity index (χ3v) is 2.16. The second-order valence-corrected chi connectivity index (χ2v) is 3.60. The van der Waals surface area contributed by atoms with Crippen LogP contribution in [0.15, 0.2) is 10.6 Å². The molecule has 5 nitrogen and oxygen atoms in total. The van der Waals surface area contributed by atoms with Gasteiger partial charge in [-0.25, -0.2) is 0 Å². The van der Waals surface area contributed by atoms with Crippen molar-refractivity contribution in [1.29, 1.82) is 0 Å². The highest BCUT2D eigenvalue weighted by Gasteiger charge is 2.02. The van der Waals surface area contributed by atoms with Gasteiger partial charge in [0, 0.05) is 19.7 Å². The van der Waals surface area contributed by atoms with Crippen molar-refractivity contribution in [3.8, 4) is 0 Å². The third-order valence-electron chi connectivity index (χ3n) is 2.16. The molecule has 1 rings (SSSR count). The molecule has 0 fully saturated rings. The van der Waals surface area contributed by atoms with Crippen molar-refractivity contribution in [2.75, 3.05) is 26.7 Å². The first-order chi connectivity index (χ1) is 7.86. The van der Waals surface area contributed by atoms with Crippen LogP contribution in [0.4, 0.5) is 0 Å². The molecule has 0 unspecified atom stereocenters. The first-order valence-electron chi connectivity index (χ1n) is 5.71. The van der Waals surface area contributed by atoms with Gasteiger partial charge in [-0.05, 0) is 26.1 Å². The largest absolute Gasteiger partial charge is 0.377 e. The highest BCUT2D eigenvalue weighted by molar-refractivity contribution is 5.04. The summed E-state index contributed by atoms with van der Waals surface area (Å²) in [5.41, 5.74) is 0.926. The summed E-state index contributed by atoms with van der Waals surface area (Å²) < 4.78 is 10.0. The Morgan fingerprint density at radius 1 is 1.38 bits per heavy atom. The zero-order chi connectivity index (χ0) is 11.6. The lowest BCUT2D eigenvalue weighted by Crippen LogP contribution is -2.21. The van der Waals surface area contributed by atoms with Crippen molar-refractivity contribution in [2.24, 2.45) is 0 Å². The number of rotatable bonds is 9. The summed E-state index contributed by atoms with van der Waals surface area (Å²) in [6.07, 6.45) is 1.12. The lowest BCUT2D eigenvalue weighted by molar-refractivity contribution is 0.155. The SMILES string of the molecule is CCNCCCNCc1cc(COC)on1. The molecule has 0 bridgehead atoms. The summed E-state index contributed by atoms with van der Waals surface area (Å²) in [6, 6.07) is 1.92. The fourth-order valence-electron chi connectivity index (χ4n) is 1.38. The maximum Gasteiger partial charge on any atom is 0.162 e. The van der Waals surface area contributed by atoms with E-state index in [0.29, 0.717) is 6.61 Å². The molecule has 16 heavy (non-hydrogen) atoms. The van der Waals surface area contributed by atoms with Gasteiger partial charge >= 0.3 is 0 Å². The second-order valence-electron chi connectivity index (χ2n) is 3.60. The number of hydrogen-bond donors (Lipinski definition) is 2. The summed E-state index contributed by atoms with van der Waals surface area (Å²) >= 11 is 0. The summed E-state index contributed by atoms with van der Waals surface area (Å²) in [7, 11) is 1.64. The molecule has 0 aliphatic rings. The van der Waals surface area contributed by atoms with E-state index in [2.05, 4.69) is 22.7 Å². The highest BCUT2D eigenvalue weighted by Crippen LogP contribution is 2.04. The standard InChI is InChI=1S/C11H21N3O2/c1-3-12-5-4-6-13-8-10-7-11(9-15-2)16-14-10/h7,12-13H,3-6,8-9H2,1-2H3. The Morgan fingerprint density at radius 3 is 2.94 bits per heavy atom. The Morgan fingerprint density at radius 2 is 2.19 bits per heavy atom. The minimum absolute atomic E-state index is 0.480. The zero-order valence-corrected chi connectivity index (χ0v) is 10.1. The molecule has 0 amide bonds. The van der Waals surface area contributed by atoms with Gasteiger partial charge in [0.25, 0.3) is 0 Å². The van der Waals surface area contributed by atoms with Gasteiger partial charge in [0.05, 0.1) is 5.69 Å². The van der Waals surface area contributed by atoms with E-state index in [1.165, 1.54) is 0 Å². The van der Waals surface area contributed by atoms with Crippen LogP contribution in [-0.2, 0) is 17.9 Å². The van der Waals surface area contributed by atoms with Crippen molar-refractivity contribution in [1.82, 2.24) is 15.8 Å². The first kappa shape index (κ1) is 13.2. The van der Waals surface area contributed by atoms with E-state index in [9.17, 15) is 0 Å². The number of nitrogens with one attached hydrogen (secondary N) is 2. The average molecular weight is 227 g/mol. The Balaban J connectivity index is 2.07. The summed E-state index contributed by atoms with van der Waals surface area (Å²) in [6.45, 7) is 6.41. The molecular formula is C11H21N3O2. The minimum atomic E-state index is 0.480. The van der Waals surface area contributed by atoms with E-state index in [1.807, 2.05) is 6.07 Å². The Labute approximate surface area is 96.5 Å². The first-order valence-corrected chi connectivity index (χ1v) is 5.71. The molecule has 0 saturated carbocycles. The van der Waals surface area contributed by atoms with E-state index in [-0.39, 0.29) is 0 Å². The number of ether oxygens (including phenoxy) is 1. The number of hydrogen-bond acceptors (Lipinski definition) is 5. The van der Waals surface area contributed by atoms with Crippen molar-refractivity contribution >= 4 is 0 Å². The average Bonchev–Trinajstić information content (AvgIpc) is 2.72. The predicted octanol–water partition coefficient (Wildman–Crippen LogP) is 0.910. The van der Waals surface area contributed by atoms with Crippen LogP contribution < -0.4 is 10.6 Å². The van der Waals surface area contributed by atoms with Crippen molar-refractivity contribution in [3.05, 3.63) is 17.5 Å². The summed E-state index contributed by atoms with van der Waals surface area (Å²) in [5, 5.41) is 10.5. The van der Waals surface area contributed by atoms with Crippen LogP contribution in [0.25, 0.3) is 0 Å². The number of methoxy groups -OCH3 is 1. The maximum atomic E-state index is 5.07. The molecule has 0 atom stereocenters. The summed E-state index contributed by atoms with van der Waals surface area (Å²) in [5.74, 6) is 0.770. The monoisotopic (exact) mass is 227 g/mol. The lowest BCUT2D eigenvalue weighted by atomic mass is 10.3. The molecule has 2 N–H and O–H groups in total. The third kappa shape index (κ3) is 5.25. The number of aromatic nitrogens is 1. The molecule has 0 aromatic carbocycles. The molecule has 1 aromatic rings. The van der Waals surface area contributed by atoms with Crippen LogP contribution in [0.5, 0.6) is 0 Å². The van der Waals surface area contributed by atoms with Crippen LogP contribution in [0.3, 0.4) is 0 Å². The topological polar surface area (TPSA) is 59.3 Å². The van der Waals surface area contributed by atoms with Gasteiger partial charge in [-0.1, -0.05) is 12.1 Å². The van der Waals surface area contributed by atoms with Gasteiger partial charge in [0.2, 0.25) is 0 Å². The van der Waals surface area contributed by atoms with Crippen molar-refractivity contribution < 1.29 is 9.26 Å². The molecule has 1 aromatic heterocycles. The van der Waals surface area contributed by atoms with Crippen LogP contribution >= 0.6 is 0 Å². The van der Waals surface area contributed by atoms with Crippen molar-refractivity contribution in [2.45, 2.75) is 26.5 Å². The molecule has 0 spiro atoms. The van der Waals surface area contributed by atoms with Gasteiger partial charge in [-0.15, -0.1) is 0 Å². The van der Waals surface area contributed by atoms with E-state index >= 15 is 0 Å². The van der Waals surface area contributed by atoms with E-state index in [1.54, 1.807) is 7.11 Å². The highest BCUT2D eigenvalue weighted by atomic mass is 16.5. The Hall–Kier alpha value is -0.910. The van der Waals surface area contributed by atoms with Gasteiger partial charge in [0.1, 0.15) is 6.61 Å². The van der Waals surface area contributed by atoms with Crippen LogP contribution in [0, 0.1) is 0 Å².